The molecule has 5 heterocycles. The fourth-order valence-electron chi connectivity index (χ4n) is 7.86. The maximum Gasteiger partial charge on any atom is 0.341 e. The summed E-state index contributed by atoms with van der Waals surface area (Å²) in [5, 5.41) is 59.7. The van der Waals surface area contributed by atoms with Gasteiger partial charge in [-0.3, -0.25) is 9.36 Å². The van der Waals surface area contributed by atoms with E-state index < -0.39 is 127 Å². The van der Waals surface area contributed by atoms with E-state index in [9.17, 15) is 53.4 Å². The third-order valence-corrected chi connectivity index (χ3v) is 11.3. The second kappa shape index (κ2) is 19.2. The molecule has 1 unspecified atom stereocenters. The van der Waals surface area contributed by atoms with Crippen LogP contribution in [0.25, 0.3) is 16.7 Å². The molecule has 7 rings (SSSR count). The summed E-state index contributed by atoms with van der Waals surface area (Å²) in [4.78, 5) is 29.8. The first-order valence-corrected chi connectivity index (χ1v) is 19.5. The zero-order valence-corrected chi connectivity index (χ0v) is 32.6. The average molecular weight is 872 g/mol. The van der Waals surface area contributed by atoms with E-state index in [0.717, 1.165) is 29.0 Å². The molecule has 4 aliphatic rings. The number of benzene rings is 1. The fraction of sp³-hybridized carbons (Fsp3) is 0.595. The molecule has 24 heteroatoms. The molecule has 2 aromatic heterocycles. The van der Waals surface area contributed by atoms with Crippen LogP contribution in [0.2, 0.25) is 0 Å². The number of pyridine rings is 2. The second-order valence-electron chi connectivity index (χ2n) is 15.6. The molecule has 1 saturated carbocycles. The number of aliphatic hydroxyl groups is 5. The Bertz CT molecular complexity index is 2090. The highest BCUT2D eigenvalue weighted by Gasteiger charge is 2.50. The molecule has 18 N–H and O–H groups in total. The van der Waals surface area contributed by atoms with E-state index in [2.05, 4.69) is 4.98 Å². The van der Waals surface area contributed by atoms with Crippen LogP contribution in [0.1, 0.15) is 29.6 Å². The fourth-order valence-corrected chi connectivity index (χ4v) is 7.86. The summed E-state index contributed by atoms with van der Waals surface area (Å²) in [6.07, 6.45) is -9.25. The van der Waals surface area contributed by atoms with Crippen LogP contribution in [0.4, 0.5) is 19.0 Å². The van der Waals surface area contributed by atoms with E-state index in [-0.39, 0.29) is 48.0 Å². The minimum Gasteiger partial charge on any atom is -0.477 e. The minimum atomic E-state index is -1.57. The molecule has 4 fully saturated rings. The molecule has 338 valence electrons. The molecule has 15 atom stereocenters. The van der Waals surface area contributed by atoms with E-state index in [1.165, 1.54) is 0 Å². The van der Waals surface area contributed by atoms with Gasteiger partial charge < -0.3 is 88.9 Å². The van der Waals surface area contributed by atoms with Crippen LogP contribution in [0.15, 0.2) is 35.3 Å². The summed E-state index contributed by atoms with van der Waals surface area (Å²) in [7, 11) is 0. The van der Waals surface area contributed by atoms with Crippen molar-refractivity contribution in [2.24, 2.45) is 34.4 Å². The molecule has 0 amide bonds. The van der Waals surface area contributed by atoms with Crippen LogP contribution in [-0.2, 0) is 18.9 Å². The van der Waals surface area contributed by atoms with Crippen molar-refractivity contribution in [2.45, 2.75) is 111 Å². The van der Waals surface area contributed by atoms with Gasteiger partial charge in [-0.05, 0) is 37.5 Å². The van der Waals surface area contributed by atoms with Crippen molar-refractivity contribution in [3.05, 3.63) is 63.7 Å². The summed E-state index contributed by atoms with van der Waals surface area (Å²) < 4.78 is 66.2. The maximum absolute atomic E-state index is 14.7. The summed E-state index contributed by atoms with van der Waals surface area (Å²) in [6.45, 7) is 0.289. The Balaban J connectivity index is 0.000000205. The molecule has 0 bridgehead atoms. The van der Waals surface area contributed by atoms with Gasteiger partial charge in [0.2, 0.25) is 5.43 Å². The molecular formula is C37H52F3N9O12. The largest absolute Gasteiger partial charge is 0.477 e. The second-order valence-corrected chi connectivity index (χ2v) is 15.6. The Morgan fingerprint density at radius 3 is 2.11 bits per heavy atom. The average Bonchev–Trinajstić information content (AvgIpc) is 3.64. The van der Waals surface area contributed by atoms with Gasteiger partial charge in [-0.2, -0.15) is 0 Å². The minimum absolute atomic E-state index is 0.0542. The molecule has 0 radical (unpaired) electrons. The summed E-state index contributed by atoms with van der Waals surface area (Å²) in [5.74, 6) is -4.30. The number of ether oxygens (including phenoxy) is 4. The number of carboxylic acids is 1. The molecule has 21 nitrogen and oxygen atoms in total. The predicted molar refractivity (Wildman–Crippen MR) is 207 cm³/mol. The van der Waals surface area contributed by atoms with Gasteiger partial charge in [0.1, 0.15) is 53.8 Å². The predicted octanol–water partition coefficient (Wildman–Crippen LogP) is -4.26. The summed E-state index contributed by atoms with van der Waals surface area (Å²) in [6, 6.07) is 0.122. The van der Waals surface area contributed by atoms with Gasteiger partial charge in [-0.1, -0.05) is 0 Å². The highest BCUT2D eigenvalue weighted by molar-refractivity contribution is 5.92. The number of fused-ring (bicyclic) bond motifs is 1. The van der Waals surface area contributed by atoms with Crippen LogP contribution in [0.5, 0.6) is 0 Å². The van der Waals surface area contributed by atoms with Gasteiger partial charge in [0, 0.05) is 50.0 Å². The van der Waals surface area contributed by atoms with E-state index in [1.807, 2.05) is 0 Å². The number of hydrogen-bond donors (Lipinski definition) is 12. The van der Waals surface area contributed by atoms with Gasteiger partial charge in [0.25, 0.3) is 0 Å². The van der Waals surface area contributed by atoms with Crippen molar-refractivity contribution in [1.29, 1.82) is 0 Å². The Hall–Kier alpha value is -3.96. The van der Waals surface area contributed by atoms with Crippen LogP contribution in [0, 0.1) is 17.5 Å². The van der Waals surface area contributed by atoms with Gasteiger partial charge in [-0.15, -0.1) is 0 Å². The van der Waals surface area contributed by atoms with Crippen molar-refractivity contribution in [3.8, 4) is 5.69 Å². The third-order valence-electron chi connectivity index (χ3n) is 11.3. The Labute approximate surface area is 345 Å². The molecule has 1 aromatic carbocycles. The number of aliphatic hydroxyl groups excluding tert-OH is 5. The summed E-state index contributed by atoms with van der Waals surface area (Å²) in [5.41, 5.74) is 33.6. The van der Waals surface area contributed by atoms with E-state index in [1.54, 1.807) is 4.90 Å². The van der Waals surface area contributed by atoms with Gasteiger partial charge in [0.05, 0.1) is 42.0 Å². The van der Waals surface area contributed by atoms with E-state index in [0.29, 0.717) is 25.6 Å². The van der Waals surface area contributed by atoms with Gasteiger partial charge >= 0.3 is 5.97 Å². The molecule has 0 spiro atoms. The molecule has 1 aliphatic carbocycles. The number of aromatic carboxylic acids is 1. The lowest BCUT2D eigenvalue weighted by Gasteiger charge is -2.47. The van der Waals surface area contributed by atoms with Crippen LogP contribution in [0.3, 0.4) is 0 Å². The highest BCUT2D eigenvalue weighted by atomic mass is 19.1. The quantitative estimate of drug-likeness (QED) is 0.0968. The number of halogens is 3. The number of hydrogen-bond acceptors (Lipinski definition) is 19. The monoisotopic (exact) mass is 871 g/mol. The SMILES string of the molecule is NC1CCN(c2nc3c(cc2F)c(=O)c(C(=O)O)cn3-c2ccc(F)cc2F)C1.NC[C@H]1O[C@H](O[C@H]2[C@H](O)[C@@H](O[C@H]3O[C@H](CO)[C@@H](O)[C@H](N)[C@H]3O)[C@H](N)C[C@@H]2N)[C@H](N)C[C@@H]1O. The lowest BCUT2D eigenvalue weighted by molar-refractivity contribution is -0.314. The first-order valence-electron chi connectivity index (χ1n) is 19.5. The first-order chi connectivity index (χ1) is 28.8. The molecule has 61 heavy (non-hydrogen) atoms. The van der Waals surface area contributed by atoms with Crippen LogP contribution in [-0.4, -0.2) is 164 Å². The number of nitrogens with zero attached hydrogens (tertiary/aromatic N) is 3. The number of carboxylic acid groups (broad SMARTS) is 1. The Kier molecular flexibility index (Phi) is 14.6. The first kappa shape index (κ1) is 46.5. The third kappa shape index (κ3) is 9.68. The lowest BCUT2D eigenvalue weighted by Crippen LogP contribution is -2.68. The van der Waals surface area contributed by atoms with Crippen LogP contribution >= 0.6 is 0 Å². The molecule has 3 saturated heterocycles. The Morgan fingerprint density at radius 2 is 1.52 bits per heavy atom. The van der Waals surface area contributed by atoms with Gasteiger partial charge in [-0.25, -0.2) is 22.9 Å². The van der Waals surface area contributed by atoms with Crippen molar-refractivity contribution in [1.82, 2.24) is 9.55 Å². The molecule has 3 aliphatic heterocycles. The highest BCUT2D eigenvalue weighted by Crippen LogP contribution is 2.31. The number of aromatic nitrogens is 2. The lowest BCUT2D eigenvalue weighted by atomic mass is 9.84. The van der Waals surface area contributed by atoms with Crippen molar-refractivity contribution < 1.29 is 67.6 Å². The number of rotatable bonds is 9. The summed E-state index contributed by atoms with van der Waals surface area (Å²) >= 11 is 0. The van der Waals surface area contributed by atoms with Crippen molar-refractivity contribution >= 4 is 22.8 Å². The number of carbonyl (C=O) groups is 1. The smallest absolute Gasteiger partial charge is 0.341 e. The molecular weight excluding hydrogens is 819 g/mol. The standard InChI is InChI=1S/C19H15F3N4O3.C18H37N5O9/c20-9-1-2-15(13(21)5-9)26-8-12(19(28)29)16(27)11-6-14(22)18(24-17(11)26)25-4-3-10(23)7-25;19-3-9-8(25)2-7(22)17(29-9)31-15-5(20)1-6(21)16(14(15)28)32-18-13(27)11(23)12(26)10(4-24)30-18/h1-2,5-6,8,10H,3-4,7,23H2,(H,28,29);5-18,24-28H,1-4,19-23H2/t;5-,6+,7+,8-,9+,10+,11-,12+,13+,14-,15+,16-,17+,18+/m.0/s1. The van der Waals surface area contributed by atoms with Crippen LogP contribution < -0.4 is 44.7 Å². The van der Waals surface area contributed by atoms with E-state index >= 15 is 0 Å². The zero-order valence-electron chi connectivity index (χ0n) is 32.6. The Morgan fingerprint density at radius 1 is 0.869 bits per heavy atom. The van der Waals surface area contributed by atoms with Crippen molar-refractivity contribution in [2.75, 3.05) is 31.1 Å². The van der Waals surface area contributed by atoms with E-state index in [4.69, 9.17) is 53.3 Å². The van der Waals surface area contributed by atoms with Gasteiger partial charge in [0.15, 0.2) is 29.9 Å². The number of anilines is 1. The van der Waals surface area contributed by atoms with Crippen molar-refractivity contribution in [3.63, 3.8) is 0 Å². The molecule has 3 aromatic rings. The normalized spacial score (nSPS) is 35.5. The zero-order chi connectivity index (χ0) is 44.6. The topological polar surface area (TPSA) is 370 Å². The maximum atomic E-state index is 14.7. The number of nitrogens with two attached hydrogens (primary N) is 6.